The molecule has 0 atom stereocenters. The first-order valence-corrected chi connectivity index (χ1v) is 8.79. The van der Waals surface area contributed by atoms with Crippen LogP contribution in [0.1, 0.15) is 12.6 Å². The highest BCUT2D eigenvalue weighted by Gasteiger charge is 2.20. The van der Waals surface area contributed by atoms with Crippen molar-refractivity contribution < 1.29 is 9.26 Å². The minimum Gasteiger partial charge on any atom is -0.493 e. The molecular weight excluding hydrogens is 366 g/mol. The largest absolute Gasteiger partial charge is 0.493 e. The summed E-state index contributed by atoms with van der Waals surface area (Å²) in [5, 5.41) is 13.1. The van der Waals surface area contributed by atoms with E-state index in [1.807, 2.05) is 56.3 Å². The highest BCUT2D eigenvalue weighted by molar-refractivity contribution is 6.30. The molecule has 0 fully saturated rings. The van der Waals surface area contributed by atoms with E-state index in [-0.39, 0.29) is 0 Å². The zero-order valence-corrected chi connectivity index (χ0v) is 15.5. The quantitative estimate of drug-likeness (QED) is 0.511. The van der Waals surface area contributed by atoms with Gasteiger partial charge in [-0.1, -0.05) is 40.2 Å². The second-order valence-corrected chi connectivity index (χ2v) is 6.20. The monoisotopic (exact) mass is 381 g/mol. The maximum absolute atomic E-state index is 6.07. The lowest BCUT2D eigenvalue weighted by Crippen LogP contribution is -1.98. The topological polar surface area (TPSA) is 78.9 Å². The van der Waals surface area contributed by atoms with Crippen molar-refractivity contribution in [2.24, 2.45) is 0 Å². The molecule has 136 valence electrons. The molecule has 0 saturated carbocycles. The molecule has 0 N–H and O–H groups in total. The van der Waals surface area contributed by atoms with E-state index < -0.39 is 0 Å². The first kappa shape index (κ1) is 17.2. The Balaban J connectivity index is 1.71. The van der Waals surface area contributed by atoms with Crippen molar-refractivity contribution in [2.45, 2.75) is 13.8 Å². The molecule has 4 rings (SSSR count). The molecule has 0 spiro atoms. The van der Waals surface area contributed by atoms with E-state index in [9.17, 15) is 0 Å². The van der Waals surface area contributed by atoms with Crippen LogP contribution >= 0.6 is 11.6 Å². The zero-order chi connectivity index (χ0) is 18.8. The molecule has 0 unspecified atom stereocenters. The minimum absolute atomic E-state index is 0.294. The van der Waals surface area contributed by atoms with E-state index in [2.05, 4.69) is 20.5 Å². The van der Waals surface area contributed by atoms with Crippen molar-refractivity contribution in [3.63, 3.8) is 0 Å². The molecule has 2 aromatic carbocycles. The van der Waals surface area contributed by atoms with Gasteiger partial charge in [-0.05, 0) is 44.2 Å². The van der Waals surface area contributed by atoms with Gasteiger partial charge in [-0.15, -0.1) is 5.10 Å². The van der Waals surface area contributed by atoms with Gasteiger partial charge in [0, 0.05) is 5.02 Å². The summed E-state index contributed by atoms with van der Waals surface area (Å²) in [4.78, 5) is 4.48. The Morgan fingerprint density at radius 1 is 1.15 bits per heavy atom. The lowest BCUT2D eigenvalue weighted by molar-refractivity contribution is 0.341. The number of nitrogens with zero attached hydrogens (tertiary/aromatic N) is 5. The van der Waals surface area contributed by atoms with Crippen molar-refractivity contribution in [1.82, 2.24) is 25.1 Å². The van der Waals surface area contributed by atoms with Gasteiger partial charge in [-0.3, -0.25) is 0 Å². The Labute approximate surface area is 160 Å². The smallest absolute Gasteiger partial charge is 0.280 e. The highest BCUT2D eigenvalue weighted by atomic mass is 35.5. The molecule has 4 aromatic rings. The van der Waals surface area contributed by atoms with Crippen molar-refractivity contribution in [1.29, 1.82) is 0 Å². The molecule has 0 radical (unpaired) electrons. The second kappa shape index (κ2) is 7.20. The predicted molar refractivity (Wildman–Crippen MR) is 101 cm³/mol. The summed E-state index contributed by atoms with van der Waals surface area (Å²) in [7, 11) is 0. The average Bonchev–Trinajstić information content (AvgIpc) is 3.29. The maximum atomic E-state index is 6.07. The van der Waals surface area contributed by atoms with Crippen LogP contribution in [0.3, 0.4) is 0 Å². The van der Waals surface area contributed by atoms with Gasteiger partial charge in [-0.25, -0.2) is 4.68 Å². The lowest BCUT2D eigenvalue weighted by Gasteiger charge is -2.05. The number of ether oxygens (including phenoxy) is 1. The average molecular weight is 382 g/mol. The van der Waals surface area contributed by atoms with Crippen molar-refractivity contribution in [2.75, 3.05) is 6.61 Å². The molecule has 0 aliphatic heterocycles. The normalized spacial score (nSPS) is 10.9. The van der Waals surface area contributed by atoms with Gasteiger partial charge < -0.3 is 9.26 Å². The fourth-order valence-corrected chi connectivity index (χ4v) is 2.93. The predicted octanol–water partition coefficient (Wildman–Crippen LogP) is 4.34. The summed E-state index contributed by atoms with van der Waals surface area (Å²) in [6, 6.07) is 14.9. The first-order chi connectivity index (χ1) is 13.2. The van der Waals surface area contributed by atoms with Gasteiger partial charge in [-0.2, -0.15) is 4.98 Å². The summed E-state index contributed by atoms with van der Waals surface area (Å²) in [6.07, 6.45) is 0. The van der Waals surface area contributed by atoms with E-state index in [1.54, 1.807) is 10.7 Å². The third-order valence-electron chi connectivity index (χ3n) is 4.00. The zero-order valence-electron chi connectivity index (χ0n) is 14.8. The van der Waals surface area contributed by atoms with Crippen LogP contribution in [-0.4, -0.2) is 31.7 Å². The van der Waals surface area contributed by atoms with Gasteiger partial charge in [0.1, 0.15) is 5.75 Å². The summed E-state index contributed by atoms with van der Waals surface area (Å²) in [5.74, 6) is 1.43. The van der Waals surface area contributed by atoms with Crippen LogP contribution in [0, 0.1) is 6.92 Å². The van der Waals surface area contributed by atoms with E-state index in [1.165, 1.54) is 0 Å². The molecule has 0 saturated heterocycles. The summed E-state index contributed by atoms with van der Waals surface area (Å²) >= 11 is 6.07. The number of halogens is 1. The van der Waals surface area contributed by atoms with Crippen LogP contribution in [0.25, 0.3) is 28.7 Å². The maximum Gasteiger partial charge on any atom is 0.280 e. The molecule has 27 heavy (non-hydrogen) atoms. The molecule has 8 heteroatoms. The van der Waals surface area contributed by atoms with Crippen LogP contribution in [0.5, 0.6) is 5.75 Å². The third-order valence-corrected chi connectivity index (χ3v) is 4.24. The number of para-hydroxylation sites is 1. The Bertz CT molecular complexity index is 1090. The number of hydrogen-bond donors (Lipinski definition) is 0. The molecule has 2 aromatic heterocycles. The van der Waals surface area contributed by atoms with Crippen molar-refractivity contribution >= 4 is 11.6 Å². The third kappa shape index (κ3) is 3.29. The van der Waals surface area contributed by atoms with E-state index >= 15 is 0 Å². The highest BCUT2D eigenvalue weighted by Crippen LogP contribution is 2.30. The van der Waals surface area contributed by atoms with Crippen LogP contribution < -0.4 is 4.74 Å². The minimum atomic E-state index is 0.294. The summed E-state index contributed by atoms with van der Waals surface area (Å²) in [6.45, 7) is 4.36. The van der Waals surface area contributed by atoms with Gasteiger partial charge in [0.15, 0.2) is 5.69 Å². The standard InChI is InChI=1S/C19H16ClN5O2/c1-3-26-16-10-5-4-9-15(16)18-21-19(27-23-18)17-12(2)25(24-22-17)14-8-6-7-13(20)11-14/h4-11H,3H2,1-2H3. The molecule has 0 aliphatic carbocycles. The van der Waals surface area contributed by atoms with Crippen LogP contribution in [-0.2, 0) is 0 Å². The second-order valence-electron chi connectivity index (χ2n) is 5.77. The van der Waals surface area contributed by atoms with Gasteiger partial charge in [0.05, 0.1) is 23.6 Å². The number of rotatable bonds is 5. The van der Waals surface area contributed by atoms with Crippen molar-refractivity contribution in [3.05, 3.63) is 59.2 Å². The number of benzene rings is 2. The Morgan fingerprint density at radius 3 is 2.81 bits per heavy atom. The van der Waals surface area contributed by atoms with Gasteiger partial charge >= 0.3 is 0 Å². The number of hydrogen-bond acceptors (Lipinski definition) is 6. The molecule has 0 bridgehead atoms. The SMILES string of the molecule is CCOc1ccccc1-c1noc(-c2nnn(-c3cccc(Cl)c3)c2C)n1. The number of aromatic nitrogens is 5. The van der Waals surface area contributed by atoms with Crippen LogP contribution in [0.15, 0.2) is 53.1 Å². The fraction of sp³-hybridized carbons (Fsp3) is 0.158. The van der Waals surface area contributed by atoms with Crippen LogP contribution in [0.2, 0.25) is 5.02 Å². The molecule has 7 nitrogen and oxygen atoms in total. The molecule has 2 heterocycles. The van der Waals surface area contributed by atoms with Crippen molar-refractivity contribution in [3.8, 4) is 34.4 Å². The Hall–Kier alpha value is -3.19. The first-order valence-electron chi connectivity index (χ1n) is 8.42. The summed E-state index contributed by atoms with van der Waals surface area (Å²) < 4.78 is 12.8. The lowest BCUT2D eigenvalue weighted by atomic mass is 10.2. The Morgan fingerprint density at radius 2 is 2.00 bits per heavy atom. The van der Waals surface area contributed by atoms with E-state index in [4.69, 9.17) is 20.9 Å². The molecule has 0 amide bonds. The van der Waals surface area contributed by atoms with Gasteiger partial charge in [0.25, 0.3) is 5.89 Å². The summed E-state index contributed by atoms with van der Waals surface area (Å²) in [5.41, 5.74) is 2.85. The van der Waals surface area contributed by atoms with E-state index in [0.717, 1.165) is 16.9 Å². The van der Waals surface area contributed by atoms with Crippen LogP contribution in [0.4, 0.5) is 0 Å². The molecule has 0 aliphatic rings. The molecular formula is C19H16ClN5O2. The van der Waals surface area contributed by atoms with E-state index in [0.29, 0.717) is 34.8 Å². The fourth-order valence-electron chi connectivity index (χ4n) is 2.74. The van der Waals surface area contributed by atoms with Gasteiger partial charge in [0.2, 0.25) is 5.82 Å². The Kier molecular flexibility index (Phi) is 4.60.